The van der Waals surface area contributed by atoms with Crippen LogP contribution in [0.3, 0.4) is 0 Å². The smallest absolute Gasteiger partial charge is 0.283 e. The molecular weight excluding hydrogens is 514 g/mol. The van der Waals surface area contributed by atoms with Crippen LogP contribution in [0.5, 0.6) is 0 Å². The third-order valence-electron chi connectivity index (χ3n) is 8.37. The van der Waals surface area contributed by atoms with E-state index in [1.807, 2.05) is 35.0 Å². The van der Waals surface area contributed by atoms with E-state index in [0.29, 0.717) is 17.7 Å². The lowest BCUT2D eigenvalue weighted by molar-refractivity contribution is -0.0395. The molecule has 3 heterocycles. The van der Waals surface area contributed by atoms with E-state index in [-0.39, 0.29) is 11.8 Å². The molecule has 1 saturated heterocycles. The fraction of sp³-hybridized carbons (Fsp3) is 0.552. The first kappa shape index (κ1) is 26.3. The minimum atomic E-state index is -3.74. The molecule has 208 valence electrons. The zero-order chi connectivity index (χ0) is 27.0. The first-order valence-electron chi connectivity index (χ1n) is 14.3. The number of hydrogen-bond acceptors (Lipinski definition) is 7. The number of fused-ring (bicyclic) bond motifs is 1. The molecule has 1 aliphatic heterocycles. The number of pyridine rings is 1. The summed E-state index contributed by atoms with van der Waals surface area (Å²) < 4.78 is 34.2. The number of hydrogen-bond donors (Lipinski definition) is 1. The molecule has 2 aliphatic carbocycles. The van der Waals surface area contributed by atoms with Gasteiger partial charge in [-0.2, -0.15) is 5.10 Å². The predicted octanol–water partition coefficient (Wildman–Crippen LogP) is 4.70. The Hall–Kier alpha value is -2.98. The fourth-order valence-corrected chi connectivity index (χ4v) is 6.57. The minimum Gasteiger partial charge on any atom is -0.375 e. The van der Waals surface area contributed by atoms with Crippen molar-refractivity contribution in [3.63, 3.8) is 0 Å². The molecule has 6 rings (SSSR count). The predicted molar refractivity (Wildman–Crippen MR) is 151 cm³/mol. The van der Waals surface area contributed by atoms with Crippen molar-refractivity contribution in [3.05, 3.63) is 47.8 Å². The summed E-state index contributed by atoms with van der Waals surface area (Å²) in [5.41, 5.74) is 3.42. The van der Waals surface area contributed by atoms with Crippen molar-refractivity contribution in [2.45, 2.75) is 82.3 Å². The van der Waals surface area contributed by atoms with Gasteiger partial charge >= 0.3 is 0 Å². The van der Waals surface area contributed by atoms with Crippen molar-refractivity contribution in [1.29, 1.82) is 0 Å². The summed E-state index contributed by atoms with van der Waals surface area (Å²) in [6.45, 7) is 1.59. The van der Waals surface area contributed by atoms with E-state index in [2.05, 4.69) is 9.62 Å². The Morgan fingerprint density at radius 3 is 2.28 bits per heavy atom. The highest BCUT2D eigenvalue weighted by atomic mass is 32.2. The lowest BCUT2D eigenvalue weighted by Crippen LogP contribution is -2.39. The lowest BCUT2D eigenvalue weighted by atomic mass is 9.82. The Labute approximate surface area is 230 Å². The Bertz CT molecular complexity index is 1440. The zero-order valence-corrected chi connectivity index (χ0v) is 23.3. The molecule has 2 aromatic heterocycles. The van der Waals surface area contributed by atoms with Gasteiger partial charge in [0, 0.05) is 19.0 Å². The number of aromatic nitrogens is 3. The van der Waals surface area contributed by atoms with Crippen molar-refractivity contribution in [2.24, 2.45) is 0 Å². The van der Waals surface area contributed by atoms with Gasteiger partial charge in [0.25, 0.3) is 5.91 Å². The number of carbonyl (C=O) groups excluding carboxylic acids is 1. The number of benzene rings is 1. The highest BCUT2D eigenvalue weighted by molar-refractivity contribution is 7.89. The van der Waals surface area contributed by atoms with Crippen molar-refractivity contribution < 1.29 is 17.9 Å². The van der Waals surface area contributed by atoms with E-state index in [1.54, 1.807) is 6.07 Å². The molecule has 1 N–H and O–H groups in total. The molecule has 0 bridgehead atoms. The van der Waals surface area contributed by atoms with Crippen LogP contribution in [0.1, 0.15) is 86.3 Å². The molecule has 0 spiro atoms. The molecule has 3 fully saturated rings. The molecule has 0 unspecified atom stereocenters. The Balaban J connectivity index is 1.39. The van der Waals surface area contributed by atoms with E-state index >= 15 is 0 Å². The van der Waals surface area contributed by atoms with Crippen LogP contribution in [-0.4, -0.2) is 60.6 Å². The summed E-state index contributed by atoms with van der Waals surface area (Å²) in [6.07, 6.45) is 12.9. The quantitative estimate of drug-likeness (QED) is 0.454. The van der Waals surface area contributed by atoms with E-state index in [0.717, 1.165) is 80.3 Å². The maximum absolute atomic E-state index is 13.0. The first-order chi connectivity index (χ1) is 18.9. The normalized spacial score (nSPS) is 19.8. The molecule has 10 heteroatoms. The number of anilines is 1. The topological polar surface area (TPSA) is 106 Å². The number of piperidine rings is 1. The van der Waals surface area contributed by atoms with Gasteiger partial charge < -0.3 is 9.64 Å². The number of nitrogens with zero attached hydrogens (tertiary/aromatic N) is 4. The number of ether oxygens (including phenoxy) is 1. The molecule has 0 radical (unpaired) electrons. The van der Waals surface area contributed by atoms with Crippen molar-refractivity contribution in [2.75, 3.05) is 24.2 Å². The monoisotopic (exact) mass is 551 g/mol. The van der Waals surface area contributed by atoms with Crippen LogP contribution in [0.4, 0.5) is 5.69 Å². The summed E-state index contributed by atoms with van der Waals surface area (Å²) in [6, 6.07) is 11.5. The molecule has 0 atom stereocenters. The molecule has 9 nitrogen and oxygen atoms in total. The van der Waals surface area contributed by atoms with E-state index in [1.165, 1.54) is 25.7 Å². The van der Waals surface area contributed by atoms with Gasteiger partial charge in [-0.3, -0.25) is 4.79 Å². The standard InChI is InChI=1S/C29H37N5O4S/c1-39(36,37)32-29(35)24-19-25(33-17-15-23(16-18-33)38-22-13-6-3-7-14-22)26-27(20-9-8-10-20)31-34(28(26)30-24)21-11-4-2-5-12-21/h2,4-5,11-12,19-20,22-23H,3,6-10,13-18H2,1H3,(H,32,35). The van der Waals surface area contributed by atoms with Gasteiger partial charge in [-0.15, -0.1) is 0 Å². The highest BCUT2D eigenvalue weighted by Crippen LogP contribution is 2.43. The van der Waals surface area contributed by atoms with Gasteiger partial charge in [0.2, 0.25) is 10.0 Å². The number of nitrogens with one attached hydrogen (secondary N) is 1. The molecular formula is C29H37N5O4S. The van der Waals surface area contributed by atoms with Crippen LogP contribution in [0.25, 0.3) is 16.7 Å². The van der Waals surface area contributed by atoms with E-state index in [9.17, 15) is 13.2 Å². The maximum Gasteiger partial charge on any atom is 0.283 e. The third-order valence-corrected chi connectivity index (χ3v) is 8.92. The average Bonchev–Trinajstić information content (AvgIpc) is 3.27. The second kappa shape index (κ2) is 10.9. The van der Waals surface area contributed by atoms with Crippen LogP contribution >= 0.6 is 0 Å². The molecule has 3 aliphatic rings. The summed E-state index contributed by atoms with van der Waals surface area (Å²) >= 11 is 0. The van der Waals surface area contributed by atoms with Crippen LogP contribution in [0.15, 0.2) is 36.4 Å². The van der Waals surface area contributed by atoms with Crippen molar-refractivity contribution >= 4 is 32.7 Å². The van der Waals surface area contributed by atoms with Gasteiger partial charge in [0.05, 0.1) is 40.9 Å². The summed E-state index contributed by atoms with van der Waals surface area (Å²) in [4.78, 5) is 20.1. The van der Waals surface area contributed by atoms with Crippen LogP contribution in [0, 0.1) is 0 Å². The average molecular weight is 552 g/mol. The maximum atomic E-state index is 13.0. The van der Waals surface area contributed by atoms with Gasteiger partial charge in [-0.05, 0) is 56.7 Å². The summed E-state index contributed by atoms with van der Waals surface area (Å²) in [7, 11) is -3.74. The highest BCUT2D eigenvalue weighted by Gasteiger charge is 2.32. The lowest BCUT2D eigenvalue weighted by Gasteiger charge is -2.36. The second-order valence-electron chi connectivity index (χ2n) is 11.3. The summed E-state index contributed by atoms with van der Waals surface area (Å²) in [5.74, 6) is -0.386. The number of sulfonamides is 1. The Morgan fingerprint density at radius 2 is 1.64 bits per heavy atom. The van der Waals surface area contributed by atoms with E-state index in [4.69, 9.17) is 14.8 Å². The third kappa shape index (κ3) is 5.68. The van der Waals surface area contributed by atoms with Gasteiger partial charge in [-0.1, -0.05) is 43.9 Å². The van der Waals surface area contributed by atoms with Crippen molar-refractivity contribution in [1.82, 2.24) is 19.5 Å². The number of para-hydroxylation sites is 1. The Morgan fingerprint density at radius 1 is 0.949 bits per heavy atom. The zero-order valence-electron chi connectivity index (χ0n) is 22.5. The van der Waals surface area contributed by atoms with Gasteiger partial charge in [0.1, 0.15) is 5.69 Å². The molecule has 1 amide bonds. The van der Waals surface area contributed by atoms with Crippen molar-refractivity contribution in [3.8, 4) is 5.69 Å². The van der Waals surface area contributed by atoms with Crippen LogP contribution in [-0.2, 0) is 14.8 Å². The SMILES string of the molecule is CS(=O)(=O)NC(=O)c1cc(N2CCC(OC3CCCCC3)CC2)c2c(C3CCC3)nn(-c3ccccc3)c2n1. The number of amides is 1. The van der Waals surface area contributed by atoms with Gasteiger partial charge in [0.15, 0.2) is 5.65 Å². The van der Waals surface area contributed by atoms with Crippen LogP contribution < -0.4 is 9.62 Å². The second-order valence-corrected chi connectivity index (χ2v) is 13.0. The fourth-order valence-electron chi connectivity index (χ4n) is 6.13. The number of rotatable bonds is 7. The van der Waals surface area contributed by atoms with Crippen LogP contribution in [0.2, 0.25) is 0 Å². The molecule has 1 aromatic carbocycles. The summed E-state index contributed by atoms with van der Waals surface area (Å²) in [5, 5.41) is 6.02. The van der Waals surface area contributed by atoms with E-state index < -0.39 is 15.9 Å². The molecule has 39 heavy (non-hydrogen) atoms. The number of carbonyl (C=O) groups is 1. The largest absolute Gasteiger partial charge is 0.375 e. The Kier molecular flexibility index (Phi) is 7.33. The molecule has 2 saturated carbocycles. The minimum absolute atomic E-state index is 0.0701. The first-order valence-corrected chi connectivity index (χ1v) is 16.2. The molecule has 3 aromatic rings. The van der Waals surface area contributed by atoms with Gasteiger partial charge in [-0.25, -0.2) is 22.8 Å².